The van der Waals surface area contributed by atoms with Gasteiger partial charge >= 0.3 is 5.97 Å². The first-order chi connectivity index (χ1) is 7.40. The summed E-state index contributed by atoms with van der Waals surface area (Å²) in [6, 6.07) is 1.77. The van der Waals surface area contributed by atoms with Gasteiger partial charge in [0.2, 0.25) is 0 Å². The van der Waals surface area contributed by atoms with Gasteiger partial charge in [-0.05, 0) is 26.8 Å². The highest BCUT2D eigenvalue weighted by Gasteiger charge is 2.16. The van der Waals surface area contributed by atoms with E-state index in [1.54, 1.807) is 26.8 Å². The lowest BCUT2D eigenvalue weighted by molar-refractivity contribution is -0.142. The molecule has 1 heterocycles. The Balaban J connectivity index is 2.55. The summed E-state index contributed by atoms with van der Waals surface area (Å²) in [7, 11) is 0. The van der Waals surface area contributed by atoms with Crippen molar-refractivity contribution in [3.05, 3.63) is 23.7 Å². The minimum absolute atomic E-state index is 0.212. The Morgan fingerprint density at radius 1 is 1.56 bits per heavy atom. The molecule has 1 rings (SSSR count). The third kappa shape index (κ3) is 4.49. The molecular formula is C12H18O4. The maximum atomic E-state index is 11.2. The number of hydrogen-bond donors (Lipinski definition) is 1. The Kier molecular flexibility index (Phi) is 4.12. The van der Waals surface area contributed by atoms with Crippen LogP contribution in [-0.2, 0) is 22.4 Å². The average molecular weight is 226 g/mol. The van der Waals surface area contributed by atoms with Gasteiger partial charge in [-0.25, -0.2) is 0 Å². The average Bonchev–Trinajstić information content (AvgIpc) is 2.49. The second-order valence-electron chi connectivity index (χ2n) is 4.39. The second-order valence-corrected chi connectivity index (χ2v) is 4.39. The largest absolute Gasteiger partial charge is 0.469 e. The Labute approximate surface area is 95.2 Å². The normalized spacial score (nSPS) is 11.5. The highest BCUT2D eigenvalue weighted by atomic mass is 16.5. The van der Waals surface area contributed by atoms with Gasteiger partial charge in [0.15, 0.2) is 0 Å². The van der Waals surface area contributed by atoms with Gasteiger partial charge in [-0.3, -0.25) is 4.79 Å². The van der Waals surface area contributed by atoms with Gasteiger partial charge in [0.1, 0.15) is 5.76 Å². The molecule has 4 nitrogen and oxygen atoms in total. The van der Waals surface area contributed by atoms with Gasteiger partial charge in [0, 0.05) is 12.0 Å². The van der Waals surface area contributed by atoms with Gasteiger partial charge < -0.3 is 14.3 Å². The minimum atomic E-state index is -0.806. The van der Waals surface area contributed by atoms with E-state index in [0.717, 1.165) is 5.56 Å². The molecule has 90 valence electrons. The van der Waals surface area contributed by atoms with Crippen molar-refractivity contribution >= 4 is 5.97 Å². The van der Waals surface area contributed by atoms with Crippen molar-refractivity contribution in [3.8, 4) is 0 Å². The molecule has 4 heteroatoms. The van der Waals surface area contributed by atoms with Gasteiger partial charge in [-0.2, -0.15) is 0 Å². The van der Waals surface area contributed by atoms with Crippen LogP contribution >= 0.6 is 0 Å². The molecule has 0 unspecified atom stereocenters. The number of carbonyl (C=O) groups is 1. The first kappa shape index (κ1) is 12.8. The van der Waals surface area contributed by atoms with Crippen LogP contribution in [0.2, 0.25) is 0 Å². The number of ether oxygens (including phenoxy) is 1. The third-order valence-electron chi connectivity index (χ3n) is 1.97. The molecular weight excluding hydrogens is 208 g/mol. The molecule has 1 aromatic heterocycles. The number of rotatable bonds is 5. The number of carbonyl (C=O) groups excluding carboxylic acids is 1. The van der Waals surface area contributed by atoms with Crippen molar-refractivity contribution in [2.75, 3.05) is 6.61 Å². The molecule has 0 atom stereocenters. The molecule has 0 spiro atoms. The van der Waals surface area contributed by atoms with Crippen LogP contribution in [0.4, 0.5) is 0 Å². The molecule has 0 saturated heterocycles. The van der Waals surface area contributed by atoms with E-state index in [4.69, 9.17) is 9.15 Å². The Morgan fingerprint density at radius 2 is 2.25 bits per heavy atom. The van der Waals surface area contributed by atoms with Crippen molar-refractivity contribution in [1.29, 1.82) is 0 Å². The molecule has 16 heavy (non-hydrogen) atoms. The molecule has 0 amide bonds. The lowest BCUT2D eigenvalue weighted by Gasteiger charge is -2.14. The maximum Gasteiger partial charge on any atom is 0.310 e. The van der Waals surface area contributed by atoms with Gasteiger partial charge in [-0.15, -0.1) is 0 Å². The van der Waals surface area contributed by atoms with Crippen LogP contribution in [0.25, 0.3) is 0 Å². The van der Waals surface area contributed by atoms with Crippen LogP contribution in [0.5, 0.6) is 0 Å². The maximum absolute atomic E-state index is 11.2. The third-order valence-corrected chi connectivity index (χ3v) is 1.97. The summed E-state index contributed by atoms with van der Waals surface area (Å²) in [5.41, 5.74) is -0.0308. The van der Waals surface area contributed by atoms with Gasteiger partial charge in [-0.1, -0.05) is 0 Å². The molecule has 0 aliphatic carbocycles. The monoisotopic (exact) mass is 226 g/mol. The summed E-state index contributed by atoms with van der Waals surface area (Å²) in [5, 5.41) is 9.59. The second kappa shape index (κ2) is 5.16. The Morgan fingerprint density at radius 3 is 2.81 bits per heavy atom. The van der Waals surface area contributed by atoms with E-state index < -0.39 is 5.60 Å². The SMILES string of the molecule is CCOC(=O)Cc1coc(CC(C)(C)O)c1. The summed E-state index contributed by atoms with van der Waals surface area (Å²) < 4.78 is 10.1. The molecule has 1 N–H and O–H groups in total. The Hall–Kier alpha value is -1.29. The predicted molar refractivity (Wildman–Crippen MR) is 59.0 cm³/mol. The van der Waals surface area contributed by atoms with E-state index >= 15 is 0 Å². The van der Waals surface area contributed by atoms with E-state index in [1.165, 1.54) is 6.26 Å². The van der Waals surface area contributed by atoms with Crippen LogP contribution in [0.1, 0.15) is 32.1 Å². The standard InChI is InChI=1S/C12H18O4/c1-4-15-11(13)6-9-5-10(16-8-9)7-12(2,3)14/h5,8,14H,4,6-7H2,1-3H3. The fourth-order valence-electron chi connectivity index (χ4n) is 1.42. The fraction of sp³-hybridized carbons (Fsp3) is 0.583. The lowest BCUT2D eigenvalue weighted by atomic mass is 10.0. The zero-order valence-corrected chi connectivity index (χ0v) is 9.95. The minimum Gasteiger partial charge on any atom is -0.469 e. The lowest BCUT2D eigenvalue weighted by Crippen LogP contribution is -2.21. The fourth-order valence-corrected chi connectivity index (χ4v) is 1.42. The summed E-state index contributed by atoms with van der Waals surface area (Å²) in [6.07, 6.45) is 2.16. The molecule has 0 radical (unpaired) electrons. The summed E-state index contributed by atoms with van der Waals surface area (Å²) in [5.74, 6) is 0.407. The van der Waals surface area contributed by atoms with Crippen molar-refractivity contribution in [3.63, 3.8) is 0 Å². The van der Waals surface area contributed by atoms with Gasteiger partial charge in [0.05, 0.1) is 24.9 Å². The highest BCUT2D eigenvalue weighted by molar-refractivity contribution is 5.72. The van der Waals surface area contributed by atoms with Crippen LogP contribution in [0.15, 0.2) is 16.7 Å². The van der Waals surface area contributed by atoms with E-state index in [-0.39, 0.29) is 12.4 Å². The van der Waals surface area contributed by atoms with Crippen LogP contribution in [0, 0.1) is 0 Å². The topological polar surface area (TPSA) is 59.7 Å². The van der Waals surface area contributed by atoms with Crippen molar-refractivity contribution < 1.29 is 19.1 Å². The van der Waals surface area contributed by atoms with Crippen LogP contribution in [-0.4, -0.2) is 23.3 Å². The molecule has 0 aliphatic heterocycles. The van der Waals surface area contributed by atoms with Crippen molar-refractivity contribution in [2.45, 2.75) is 39.2 Å². The molecule has 1 aromatic rings. The first-order valence-corrected chi connectivity index (χ1v) is 5.35. The molecule has 0 saturated carbocycles. The van der Waals surface area contributed by atoms with Crippen LogP contribution in [0.3, 0.4) is 0 Å². The number of esters is 1. The number of furan rings is 1. The van der Waals surface area contributed by atoms with Crippen molar-refractivity contribution in [2.24, 2.45) is 0 Å². The molecule has 0 bridgehead atoms. The number of hydrogen-bond acceptors (Lipinski definition) is 4. The smallest absolute Gasteiger partial charge is 0.310 e. The summed E-state index contributed by atoms with van der Waals surface area (Å²) in [6.45, 7) is 5.57. The van der Waals surface area contributed by atoms with E-state index in [9.17, 15) is 9.90 Å². The van der Waals surface area contributed by atoms with E-state index in [2.05, 4.69) is 0 Å². The number of aliphatic hydroxyl groups is 1. The zero-order chi connectivity index (χ0) is 12.2. The van der Waals surface area contributed by atoms with Crippen molar-refractivity contribution in [1.82, 2.24) is 0 Å². The summed E-state index contributed by atoms with van der Waals surface area (Å²) in [4.78, 5) is 11.2. The molecule has 0 aliphatic rings. The predicted octanol–water partition coefficient (Wildman–Crippen LogP) is 1.70. The van der Waals surface area contributed by atoms with E-state index in [1.807, 2.05) is 0 Å². The summed E-state index contributed by atoms with van der Waals surface area (Å²) >= 11 is 0. The van der Waals surface area contributed by atoms with Gasteiger partial charge in [0.25, 0.3) is 0 Å². The quantitative estimate of drug-likeness (QED) is 0.776. The van der Waals surface area contributed by atoms with E-state index in [0.29, 0.717) is 18.8 Å². The molecule has 0 aromatic carbocycles. The Bertz CT molecular complexity index is 346. The van der Waals surface area contributed by atoms with Crippen LogP contribution < -0.4 is 0 Å². The first-order valence-electron chi connectivity index (χ1n) is 5.35. The zero-order valence-electron chi connectivity index (χ0n) is 9.95. The highest BCUT2D eigenvalue weighted by Crippen LogP contribution is 2.16. The molecule has 0 fully saturated rings.